The molecule has 0 amide bonds. The van der Waals surface area contributed by atoms with E-state index in [4.69, 9.17) is 0 Å². The lowest BCUT2D eigenvalue weighted by Crippen LogP contribution is -2.05. The van der Waals surface area contributed by atoms with Crippen molar-refractivity contribution in [1.29, 1.82) is 0 Å². The molecule has 0 aliphatic heterocycles. The fraction of sp³-hybridized carbons (Fsp3) is 0.125. The van der Waals surface area contributed by atoms with Crippen molar-refractivity contribution in [1.82, 2.24) is 0 Å². The zero-order valence-electron chi connectivity index (χ0n) is 6.99. The highest BCUT2D eigenvalue weighted by molar-refractivity contribution is 5.43. The fourth-order valence-corrected chi connectivity index (χ4v) is 0.989. The second kappa shape index (κ2) is 4.33. The molecule has 0 aromatic heterocycles. The summed E-state index contributed by atoms with van der Waals surface area (Å²) in [6.45, 7) is 0.0292. The normalized spacial score (nSPS) is 11.8. The Kier molecular flexibility index (Phi) is 3.14. The quantitative estimate of drug-likeness (QED) is 0.333. The van der Waals surface area contributed by atoms with E-state index in [1.165, 1.54) is 24.3 Å². The minimum absolute atomic E-state index is 0.0292. The van der Waals surface area contributed by atoms with Gasteiger partial charge in [-0.15, -0.1) is 0 Å². The molecular weight excluding hydrogens is 190 g/mol. The van der Waals surface area contributed by atoms with E-state index in [2.05, 4.69) is 4.74 Å². The number of hydrogen-bond donors (Lipinski definition) is 1. The summed E-state index contributed by atoms with van der Waals surface area (Å²) in [5.41, 5.74) is -0.341. The average Bonchev–Trinajstić information content (AvgIpc) is 2.18. The zero-order chi connectivity index (χ0) is 10.6. The number of para-hydroxylation sites is 1. The van der Waals surface area contributed by atoms with Gasteiger partial charge in [0, 0.05) is 6.07 Å². The third kappa shape index (κ3) is 2.05. The number of benzene rings is 1. The van der Waals surface area contributed by atoms with Gasteiger partial charge in [0.05, 0.1) is 10.5 Å². The predicted molar refractivity (Wildman–Crippen MR) is 45.2 cm³/mol. The first-order valence-electron chi connectivity index (χ1n) is 3.67. The zero-order valence-corrected chi connectivity index (χ0v) is 6.99. The maximum absolute atomic E-state index is 10.5. The van der Waals surface area contributed by atoms with Gasteiger partial charge in [-0.1, -0.05) is 12.1 Å². The molecule has 1 N–H and O–H groups in total. The summed E-state index contributed by atoms with van der Waals surface area (Å²) in [6, 6.07) is 5.48. The Bertz CT molecular complexity index is 351. The highest BCUT2D eigenvalue weighted by Gasteiger charge is 2.19. The number of carbonyl (C=O) groups excluding carboxylic acids is 1. The molecule has 0 spiro atoms. The van der Waals surface area contributed by atoms with Crippen LogP contribution < -0.4 is 0 Å². The number of nitro benzene ring substituents is 1. The summed E-state index contributed by atoms with van der Waals surface area (Å²) >= 11 is 0. The third-order valence-corrected chi connectivity index (χ3v) is 1.58. The van der Waals surface area contributed by atoms with Crippen LogP contribution in [0.25, 0.3) is 0 Å². The highest BCUT2D eigenvalue weighted by atomic mass is 16.6. The Morgan fingerprint density at radius 3 is 2.71 bits per heavy atom. The van der Waals surface area contributed by atoms with Crippen LogP contribution in [-0.2, 0) is 9.53 Å². The molecule has 1 rings (SSSR count). The van der Waals surface area contributed by atoms with Crippen molar-refractivity contribution in [3.63, 3.8) is 0 Å². The molecule has 0 aliphatic carbocycles. The SMILES string of the molecule is O=COC(O)c1ccccc1[N+](=O)[O-]. The molecule has 0 aliphatic rings. The van der Waals surface area contributed by atoms with Crippen molar-refractivity contribution < 1.29 is 19.6 Å². The first kappa shape index (κ1) is 10.1. The second-order valence-corrected chi connectivity index (χ2v) is 2.40. The summed E-state index contributed by atoms with van der Waals surface area (Å²) in [5, 5.41) is 19.7. The van der Waals surface area contributed by atoms with E-state index < -0.39 is 11.2 Å². The standard InChI is InChI=1S/C8H7NO5/c10-5-14-8(11)6-3-1-2-4-7(6)9(12)13/h1-5,8,11H. The van der Waals surface area contributed by atoms with Gasteiger partial charge in [0.25, 0.3) is 12.2 Å². The highest BCUT2D eigenvalue weighted by Crippen LogP contribution is 2.24. The number of rotatable bonds is 4. The molecule has 0 fully saturated rings. The van der Waals surface area contributed by atoms with Gasteiger partial charge in [0.15, 0.2) is 0 Å². The van der Waals surface area contributed by atoms with Gasteiger partial charge in [-0.05, 0) is 6.07 Å². The van der Waals surface area contributed by atoms with Gasteiger partial charge in [-0.25, -0.2) is 0 Å². The first-order valence-corrected chi connectivity index (χ1v) is 3.67. The molecule has 1 aromatic carbocycles. The van der Waals surface area contributed by atoms with Crippen LogP contribution in [0.15, 0.2) is 24.3 Å². The maximum atomic E-state index is 10.5. The minimum Gasteiger partial charge on any atom is -0.433 e. The van der Waals surface area contributed by atoms with E-state index in [9.17, 15) is 20.0 Å². The molecule has 14 heavy (non-hydrogen) atoms. The molecule has 6 nitrogen and oxygen atoms in total. The lowest BCUT2D eigenvalue weighted by Gasteiger charge is -2.07. The Labute approximate surface area is 78.9 Å². The number of carbonyl (C=O) groups is 1. The van der Waals surface area contributed by atoms with Gasteiger partial charge >= 0.3 is 0 Å². The van der Waals surface area contributed by atoms with E-state index in [1.54, 1.807) is 0 Å². The third-order valence-electron chi connectivity index (χ3n) is 1.58. The molecule has 0 radical (unpaired) electrons. The average molecular weight is 197 g/mol. The topological polar surface area (TPSA) is 89.7 Å². The Balaban J connectivity index is 3.06. The number of ether oxygens (including phenoxy) is 1. The molecule has 0 bridgehead atoms. The van der Waals surface area contributed by atoms with Crippen LogP contribution in [0.2, 0.25) is 0 Å². The Morgan fingerprint density at radius 2 is 2.14 bits per heavy atom. The monoisotopic (exact) mass is 197 g/mol. The van der Waals surface area contributed by atoms with E-state index in [0.29, 0.717) is 0 Å². The summed E-state index contributed by atoms with van der Waals surface area (Å²) in [7, 11) is 0. The van der Waals surface area contributed by atoms with Crippen molar-refractivity contribution in [3.8, 4) is 0 Å². The summed E-state index contributed by atoms with van der Waals surface area (Å²) < 4.78 is 4.19. The number of aliphatic hydroxyl groups is 1. The van der Waals surface area contributed by atoms with Crippen LogP contribution >= 0.6 is 0 Å². The Morgan fingerprint density at radius 1 is 1.50 bits per heavy atom. The lowest BCUT2D eigenvalue weighted by atomic mass is 10.2. The Hall–Kier alpha value is -1.95. The molecule has 0 heterocycles. The van der Waals surface area contributed by atoms with Crippen LogP contribution in [0.4, 0.5) is 5.69 Å². The van der Waals surface area contributed by atoms with E-state index >= 15 is 0 Å². The van der Waals surface area contributed by atoms with Crippen LogP contribution in [0.5, 0.6) is 0 Å². The van der Waals surface area contributed by atoms with Gasteiger partial charge in [0.1, 0.15) is 0 Å². The number of nitrogens with zero attached hydrogens (tertiary/aromatic N) is 1. The van der Waals surface area contributed by atoms with Crippen LogP contribution in [0.1, 0.15) is 11.9 Å². The van der Waals surface area contributed by atoms with Gasteiger partial charge in [-0.2, -0.15) is 0 Å². The molecule has 1 atom stereocenters. The van der Waals surface area contributed by atoms with E-state index in [-0.39, 0.29) is 17.7 Å². The van der Waals surface area contributed by atoms with Gasteiger partial charge in [-0.3, -0.25) is 14.9 Å². The molecule has 1 unspecified atom stereocenters. The summed E-state index contributed by atoms with van der Waals surface area (Å²) in [4.78, 5) is 19.7. The molecular formula is C8H7NO5. The van der Waals surface area contributed by atoms with Crippen molar-refractivity contribution in [2.75, 3.05) is 0 Å². The number of aliphatic hydroxyl groups excluding tert-OH is 1. The first-order chi connectivity index (χ1) is 6.66. The summed E-state index contributed by atoms with van der Waals surface area (Å²) in [5.74, 6) is 0. The lowest BCUT2D eigenvalue weighted by molar-refractivity contribution is -0.386. The van der Waals surface area contributed by atoms with Gasteiger partial charge in [0.2, 0.25) is 6.29 Å². The minimum atomic E-state index is -1.60. The van der Waals surface area contributed by atoms with Crippen molar-refractivity contribution in [2.45, 2.75) is 6.29 Å². The molecule has 1 aromatic rings. The van der Waals surface area contributed by atoms with E-state index in [1.807, 2.05) is 0 Å². The van der Waals surface area contributed by atoms with Crippen LogP contribution in [0.3, 0.4) is 0 Å². The molecule has 74 valence electrons. The van der Waals surface area contributed by atoms with Gasteiger partial charge < -0.3 is 9.84 Å². The van der Waals surface area contributed by atoms with Crippen LogP contribution in [-0.4, -0.2) is 16.5 Å². The smallest absolute Gasteiger partial charge is 0.295 e. The molecule has 6 heteroatoms. The van der Waals surface area contributed by atoms with Crippen molar-refractivity contribution in [2.24, 2.45) is 0 Å². The van der Waals surface area contributed by atoms with Crippen molar-refractivity contribution in [3.05, 3.63) is 39.9 Å². The van der Waals surface area contributed by atoms with Crippen molar-refractivity contribution >= 4 is 12.2 Å². The second-order valence-electron chi connectivity index (χ2n) is 2.40. The van der Waals surface area contributed by atoms with Crippen LogP contribution in [0, 0.1) is 10.1 Å². The number of hydrogen-bond acceptors (Lipinski definition) is 5. The number of nitro groups is 1. The van der Waals surface area contributed by atoms with E-state index in [0.717, 1.165) is 0 Å². The predicted octanol–water partition coefficient (Wildman–Crippen LogP) is 0.759. The maximum Gasteiger partial charge on any atom is 0.295 e. The molecule has 0 saturated carbocycles. The largest absolute Gasteiger partial charge is 0.433 e. The fourth-order valence-electron chi connectivity index (χ4n) is 0.989. The molecule has 0 saturated heterocycles. The summed E-state index contributed by atoms with van der Waals surface area (Å²) in [6.07, 6.45) is -1.60.